The quantitative estimate of drug-likeness (QED) is 0.856. The predicted molar refractivity (Wildman–Crippen MR) is 72.9 cm³/mol. The zero-order valence-electron chi connectivity index (χ0n) is 11.7. The fourth-order valence-corrected chi connectivity index (χ4v) is 1.92. The summed E-state index contributed by atoms with van der Waals surface area (Å²) in [5.74, 6) is 0.334. The van der Waals surface area contributed by atoms with Crippen molar-refractivity contribution >= 4 is 5.91 Å². The van der Waals surface area contributed by atoms with E-state index in [2.05, 4.69) is 20.6 Å². The van der Waals surface area contributed by atoms with Crippen molar-refractivity contribution in [3.05, 3.63) is 29.8 Å². The smallest absolute Gasteiger partial charge is 0.253 e. The number of nitrogens with zero attached hydrogens (tertiary/aromatic N) is 4. The molecule has 1 heterocycles. The summed E-state index contributed by atoms with van der Waals surface area (Å²) in [6, 6.07) is 6.93. The Labute approximate surface area is 116 Å². The summed E-state index contributed by atoms with van der Waals surface area (Å²) in [6.45, 7) is 3.59. The van der Waals surface area contributed by atoms with E-state index < -0.39 is 5.60 Å². The van der Waals surface area contributed by atoms with Gasteiger partial charge < -0.3 is 10.0 Å². The number of carbonyl (C=O) groups is 1. The number of hydrogen-bond acceptors (Lipinski definition) is 5. The van der Waals surface area contributed by atoms with E-state index in [1.54, 1.807) is 45.2 Å². The van der Waals surface area contributed by atoms with Gasteiger partial charge in [-0.2, -0.15) is 5.21 Å². The highest BCUT2D eigenvalue weighted by atomic mass is 16.3. The summed E-state index contributed by atoms with van der Waals surface area (Å²) in [6.07, 6.45) is 0. The maximum Gasteiger partial charge on any atom is 0.253 e. The molecule has 0 radical (unpaired) electrons. The van der Waals surface area contributed by atoms with Crippen LogP contribution in [0.25, 0.3) is 11.4 Å². The van der Waals surface area contributed by atoms with Crippen molar-refractivity contribution < 1.29 is 9.90 Å². The van der Waals surface area contributed by atoms with E-state index in [1.807, 2.05) is 0 Å². The number of aromatic nitrogens is 4. The van der Waals surface area contributed by atoms with Crippen molar-refractivity contribution in [2.24, 2.45) is 0 Å². The van der Waals surface area contributed by atoms with Crippen molar-refractivity contribution in [1.29, 1.82) is 0 Å². The van der Waals surface area contributed by atoms with Crippen LogP contribution in [-0.4, -0.2) is 55.7 Å². The van der Waals surface area contributed by atoms with Gasteiger partial charge in [-0.3, -0.25) is 4.79 Å². The van der Waals surface area contributed by atoms with Crippen LogP contribution in [0.4, 0.5) is 0 Å². The largest absolute Gasteiger partial charge is 0.389 e. The predicted octanol–water partition coefficient (Wildman–Crippen LogP) is 0.710. The Morgan fingerprint density at radius 1 is 1.35 bits per heavy atom. The molecular weight excluding hydrogens is 258 g/mol. The highest BCUT2D eigenvalue weighted by Crippen LogP contribution is 2.15. The minimum atomic E-state index is -0.922. The minimum Gasteiger partial charge on any atom is -0.389 e. The van der Waals surface area contributed by atoms with Crippen molar-refractivity contribution in [1.82, 2.24) is 25.5 Å². The molecule has 1 aromatic carbocycles. The molecule has 0 atom stereocenters. The monoisotopic (exact) mass is 275 g/mol. The number of likely N-dealkylation sites (N-methyl/N-ethyl adjacent to an activating group) is 1. The van der Waals surface area contributed by atoms with E-state index in [1.165, 1.54) is 4.90 Å². The maximum atomic E-state index is 12.2. The van der Waals surface area contributed by atoms with Crippen LogP contribution in [0.3, 0.4) is 0 Å². The summed E-state index contributed by atoms with van der Waals surface area (Å²) in [5, 5.41) is 23.3. The van der Waals surface area contributed by atoms with Crippen LogP contribution in [0.1, 0.15) is 24.2 Å². The number of carbonyl (C=O) groups excluding carboxylic acids is 1. The molecular formula is C13H17N5O2. The lowest BCUT2D eigenvalue weighted by Gasteiger charge is -2.25. The highest BCUT2D eigenvalue weighted by molar-refractivity contribution is 5.94. The Morgan fingerprint density at radius 2 is 2.00 bits per heavy atom. The Kier molecular flexibility index (Phi) is 3.80. The third-order valence-corrected chi connectivity index (χ3v) is 2.71. The van der Waals surface area contributed by atoms with Crippen LogP contribution in [0.5, 0.6) is 0 Å². The second kappa shape index (κ2) is 5.38. The van der Waals surface area contributed by atoms with Gasteiger partial charge in [0.25, 0.3) is 5.91 Å². The number of amides is 1. The molecule has 7 nitrogen and oxygen atoms in total. The fraction of sp³-hybridized carbons (Fsp3) is 0.385. The van der Waals surface area contributed by atoms with Gasteiger partial charge in [0.1, 0.15) is 0 Å². The zero-order chi connectivity index (χ0) is 14.8. The number of aliphatic hydroxyl groups is 1. The number of nitrogens with one attached hydrogen (secondary N) is 1. The highest BCUT2D eigenvalue weighted by Gasteiger charge is 2.20. The van der Waals surface area contributed by atoms with Gasteiger partial charge in [0.15, 0.2) is 0 Å². The minimum absolute atomic E-state index is 0.146. The summed E-state index contributed by atoms with van der Waals surface area (Å²) in [5.41, 5.74) is 0.402. The molecule has 0 saturated heterocycles. The maximum absolute atomic E-state index is 12.2. The van der Waals surface area contributed by atoms with E-state index in [-0.39, 0.29) is 12.5 Å². The van der Waals surface area contributed by atoms with Crippen molar-refractivity contribution in [2.75, 3.05) is 13.6 Å². The van der Waals surface area contributed by atoms with Gasteiger partial charge >= 0.3 is 0 Å². The van der Waals surface area contributed by atoms with Gasteiger partial charge in [-0.15, -0.1) is 10.2 Å². The average molecular weight is 275 g/mol. The van der Waals surface area contributed by atoms with Gasteiger partial charge in [0.05, 0.1) is 5.60 Å². The van der Waals surface area contributed by atoms with Crippen LogP contribution in [0.15, 0.2) is 24.3 Å². The van der Waals surface area contributed by atoms with Gasteiger partial charge in [-0.25, -0.2) is 0 Å². The third kappa shape index (κ3) is 3.39. The lowest BCUT2D eigenvalue weighted by Crippen LogP contribution is -2.39. The summed E-state index contributed by atoms with van der Waals surface area (Å²) in [4.78, 5) is 13.7. The summed E-state index contributed by atoms with van der Waals surface area (Å²) >= 11 is 0. The molecule has 2 aromatic rings. The Balaban J connectivity index is 2.12. The fourth-order valence-electron chi connectivity index (χ4n) is 1.92. The molecule has 0 spiro atoms. The van der Waals surface area contributed by atoms with E-state index >= 15 is 0 Å². The van der Waals surface area contributed by atoms with Gasteiger partial charge in [0.2, 0.25) is 5.82 Å². The number of benzene rings is 1. The summed E-state index contributed by atoms with van der Waals surface area (Å²) < 4.78 is 0. The Hall–Kier alpha value is -2.28. The number of hydrogen-bond donors (Lipinski definition) is 2. The van der Waals surface area contributed by atoms with Gasteiger partial charge in [-0.05, 0) is 31.2 Å². The van der Waals surface area contributed by atoms with E-state index in [0.29, 0.717) is 11.4 Å². The molecule has 1 amide bonds. The molecule has 1 aromatic heterocycles. The molecule has 106 valence electrons. The Morgan fingerprint density at radius 3 is 2.50 bits per heavy atom. The molecule has 7 heteroatoms. The van der Waals surface area contributed by atoms with Crippen LogP contribution in [-0.2, 0) is 0 Å². The summed E-state index contributed by atoms with van der Waals surface area (Å²) in [7, 11) is 1.66. The first-order chi connectivity index (χ1) is 9.37. The molecule has 20 heavy (non-hydrogen) atoms. The molecule has 0 saturated carbocycles. The van der Waals surface area contributed by atoms with Crippen molar-refractivity contribution in [2.45, 2.75) is 19.4 Å². The average Bonchev–Trinajstić information content (AvgIpc) is 2.90. The third-order valence-electron chi connectivity index (χ3n) is 2.71. The van der Waals surface area contributed by atoms with Crippen LogP contribution >= 0.6 is 0 Å². The van der Waals surface area contributed by atoms with Crippen molar-refractivity contribution in [3.63, 3.8) is 0 Å². The molecule has 2 N–H and O–H groups in total. The second-order valence-electron chi connectivity index (χ2n) is 5.29. The topological polar surface area (TPSA) is 95.0 Å². The number of H-pyrrole nitrogens is 1. The van der Waals surface area contributed by atoms with Crippen molar-refractivity contribution in [3.8, 4) is 11.4 Å². The number of aromatic amines is 1. The van der Waals surface area contributed by atoms with E-state index in [0.717, 1.165) is 5.56 Å². The van der Waals surface area contributed by atoms with Gasteiger partial charge in [-0.1, -0.05) is 12.1 Å². The van der Waals surface area contributed by atoms with Crippen LogP contribution < -0.4 is 0 Å². The number of tetrazole rings is 1. The molecule has 0 unspecified atom stereocenters. The van der Waals surface area contributed by atoms with Crippen LogP contribution in [0.2, 0.25) is 0 Å². The normalized spacial score (nSPS) is 11.4. The van der Waals surface area contributed by atoms with E-state index in [4.69, 9.17) is 0 Å². The molecule has 0 aliphatic rings. The lowest BCUT2D eigenvalue weighted by molar-refractivity contribution is 0.0368. The van der Waals surface area contributed by atoms with Crippen LogP contribution in [0, 0.1) is 0 Å². The number of rotatable bonds is 4. The molecule has 2 rings (SSSR count). The first-order valence-electron chi connectivity index (χ1n) is 6.18. The molecule has 0 bridgehead atoms. The first kappa shape index (κ1) is 14.1. The lowest BCUT2D eigenvalue weighted by atomic mass is 10.1. The first-order valence-corrected chi connectivity index (χ1v) is 6.18. The van der Waals surface area contributed by atoms with E-state index in [9.17, 15) is 9.90 Å². The second-order valence-corrected chi connectivity index (χ2v) is 5.29. The van der Waals surface area contributed by atoms with Gasteiger partial charge in [0, 0.05) is 24.7 Å². The molecule has 0 aliphatic carbocycles. The molecule has 0 aliphatic heterocycles. The standard InChI is InChI=1S/C13H17N5O2/c1-13(2,20)8-18(3)12(19)10-6-4-9(5-7-10)11-14-16-17-15-11/h4-7,20H,8H2,1-3H3,(H,14,15,16,17). The zero-order valence-corrected chi connectivity index (χ0v) is 11.7. The SMILES string of the molecule is CN(CC(C)(C)O)C(=O)c1ccc(-c2nn[nH]n2)cc1. The molecule has 0 fully saturated rings. The Bertz CT molecular complexity index is 572.